The van der Waals surface area contributed by atoms with Crippen molar-refractivity contribution >= 4 is 91.8 Å². The van der Waals surface area contributed by atoms with E-state index in [0.717, 1.165) is 61.6 Å². The van der Waals surface area contributed by atoms with Crippen LogP contribution in [0.25, 0.3) is 31.9 Å². The van der Waals surface area contributed by atoms with Gasteiger partial charge in [0.1, 0.15) is 32.2 Å². The average Bonchev–Trinajstić information content (AvgIpc) is 3.93. The van der Waals surface area contributed by atoms with Crippen molar-refractivity contribution in [2.45, 2.75) is 90.9 Å². The number of amides is 4. The lowest BCUT2D eigenvalue weighted by atomic mass is 10.00. The molecule has 4 amide bonds. The van der Waals surface area contributed by atoms with Crippen molar-refractivity contribution < 1.29 is 19.2 Å². The third-order valence-electron chi connectivity index (χ3n) is 9.18. The maximum absolute atomic E-state index is 13.3. The maximum atomic E-state index is 13.3. The smallest absolute Gasteiger partial charge is 0.271 e. The Morgan fingerprint density at radius 3 is 1.40 bits per heavy atom. The van der Waals surface area contributed by atoms with E-state index in [1.807, 2.05) is 0 Å². The van der Waals surface area contributed by atoms with Gasteiger partial charge in [0.15, 0.2) is 0 Å². The van der Waals surface area contributed by atoms with Gasteiger partial charge in [0.2, 0.25) is 0 Å². The molecule has 0 bridgehead atoms. The third-order valence-corrected chi connectivity index (χ3v) is 12.5. The number of nitrogens with zero attached hydrogens (tertiary/aromatic N) is 6. The van der Waals surface area contributed by atoms with Crippen molar-refractivity contribution in [2.24, 2.45) is 8.73 Å². The van der Waals surface area contributed by atoms with Crippen LogP contribution in [0, 0.1) is 0 Å². The summed E-state index contributed by atoms with van der Waals surface area (Å²) in [5.74, 6) is -0.999. The van der Waals surface area contributed by atoms with Crippen molar-refractivity contribution in [1.29, 1.82) is 0 Å². The van der Waals surface area contributed by atoms with Crippen molar-refractivity contribution in [3.8, 4) is 20.9 Å². The number of aromatic nitrogens is 2. The first-order valence-electron chi connectivity index (χ1n) is 16.9. The van der Waals surface area contributed by atoms with Crippen LogP contribution in [0.2, 0.25) is 0 Å². The molecular formula is C34H36N6O4S4. The molecule has 0 fully saturated rings. The van der Waals surface area contributed by atoms with E-state index in [1.54, 1.807) is 12.1 Å². The van der Waals surface area contributed by atoms with Crippen molar-refractivity contribution in [1.82, 2.24) is 18.5 Å². The van der Waals surface area contributed by atoms with Crippen LogP contribution in [0.15, 0.2) is 20.9 Å². The molecule has 3 aromatic heterocycles. The van der Waals surface area contributed by atoms with Crippen LogP contribution in [-0.4, -0.2) is 55.3 Å². The second kappa shape index (κ2) is 14.2. The number of unbranched alkanes of at least 4 members (excludes halogenated alkanes) is 10. The van der Waals surface area contributed by atoms with E-state index >= 15 is 0 Å². The number of carbonyl (C=O) groups excluding carboxylic acids is 4. The van der Waals surface area contributed by atoms with E-state index in [9.17, 15) is 19.2 Å². The Hall–Kier alpha value is -3.46. The third kappa shape index (κ3) is 5.80. The lowest BCUT2D eigenvalue weighted by molar-refractivity contribution is 0.0637. The van der Waals surface area contributed by atoms with Crippen LogP contribution in [0.4, 0.5) is 11.4 Å². The number of thiophene rings is 2. The van der Waals surface area contributed by atoms with E-state index in [4.69, 9.17) is 0 Å². The molecule has 6 heterocycles. The molecule has 10 nitrogen and oxygen atoms in total. The van der Waals surface area contributed by atoms with E-state index in [0.29, 0.717) is 77.3 Å². The summed E-state index contributed by atoms with van der Waals surface area (Å²) in [4.78, 5) is 58.4. The first kappa shape index (κ1) is 33.1. The monoisotopic (exact) mass is 720 g/mol. The molecule has 1 aromatic carbocycles. The lowest BCUT2D eigenvalue weighted by Crippen LogP contribution is -2.30. The highest BCUT2D eigenvalue weighted by Crippen LogP contribution is 2.55. The van der Waals surface area contributed by atoms with Gasteiger partial charge in [0.25, 0.3) is 23.6 Å². The number of hydrogen-bond acceptors (Lipinski definition) is 11. The maximum Gasteiger partial charge on any atom is 0.271 e. The molecule has 0 spiro atoms. The van der Waals surface area contributed by atoms with Crippen LogP contribution in [0.1, 0.15) is 131 Å². The second-order valence-electron chi connectivity index (χ2n) is 12.4. The predicted molar refractivity (Wildman–Crippen MR) is 193 cm³/mol. The molecule has 3 aliphatic rings. The molecule has 48 heavy (non-hydrogen) atoms. The molecule has 0 unspecified atom stereocenters. The minimum absolute atomic E-state index is 0.246. The summed E-state index contributed by atoms with van der Waals surface area (Å²) in [6.07, 6.45) is 13.0. The summed E-state index contributed by atoms with van der Waals surface area (Å²) in [6, 6.07) is 3.56. The molecular weight excluding hydrogens is 685 g/mol. The molecule has 3 aliphatic heterocycles. The van der Waals surface area contributed by atoms with Gasteiger partial charge in [-0.15, -0.1) is 22.7 Å². The molecule has 0 aliphatic carbocycles. The minimum atomic E-state index is -0.254. The lowest BCUT2D eigenvalue weighted by Gasteiger charge is -2.14. The summed E-state index contributed by atoms with van der Waals surface area (Å²) >= 11 is 4.67. The van der Waals surface area contributed by atoms with Crippen molar-refractivity contribution in [2.75, 3.05) is 13.1 Å². The largest absolute Gasteiger partial charge is 0.274 e. The molecule has 14 heteroatoms. The fourth-order valence-corrected chi connectivity index (χ4v) is 10.0. The molecule has 0 atom stereocenters. The van der Waals surface area contributed by atoms with Crippen LogP contribution in [-0.2, 0) is 11.4 Å². The zero-order valence-electron chi connectivity index (χ0n) is 27.0. The van der Waals surface area contributed by atoms with E-state index in [2.05, 4.69) is 31.3 Å². The number of rotatable bonds is 16. The Morgan fingerprint density at radius 1 is 0.562 bits per heavy atom. The van der Waals surface area contributed by atoms with Gasteiger partial charge in [-0.05, 0) is 25.0 Å². The Bertz CT molecular complexity index is 1820. The second-order valence-corrected chi connectivity index (χ2v) is 15.6. The molecule has 4 aromatic rings. The molecule has 0 saturated heterocycles. The standard InChI is InChI=1S/C34H36N6O4S4/c1-3-5-7-9-11-13-15-39-31(41)19-17-21(45-29(19)33(39)43)23-25-27(37-47-35-25)24(28-26(23)36-48-38-28)22-18-20-30(46-22)34(44)40(32(20)42)16-14-12-10-8-6-4-2/h17-18H,3-16H2,1-2H3. The summed E-state index contributed by atoms with van der Waals surface area (Å²) < 4.78 is 18.6. The predicted octanol–water partition coefficient (Wildman–Crippen LogP) is 9.79. The molecule has 0 saturated carbocycles. The number of carbonyl (C=O) groups is 4. The average molecular weight is 721 g/mol. The number of fused-ring (bicyclic) bond motifs is 4. The highest BCUT2D eigenvalue weighted by Gasteiger charge is 2.41. The van der Waals surface area contributed by atoms with Crippen LogP contribution in [0.5, 0.6) is 0 Å². The molecule has 250 valence electrons. The molecule has 0 radical (unpaired) electrons. The summed E-state index contributed by atoms with van der Waals surface area (Å²) in [6.45, 7) is 5.23. The number of benzene rings is 1. The van der Waals surface area contributed by atoms with Crippen LogP contribution < -0.4 is 0 Å². The fraction of sp³-hybridized carbons (Fsp3) is 0.471. The highest BCUT2D eigenvalue weighted by molar-refractivity contribution is 7.58. The Labute approximate surface area is 294 Å². The topological polar surface area (TPSA) is 125 Å². The zero-order valence-corrected chi connectivity index (χ0v) is 30.3. The van der Waals surface area contributed by atoms with Gasteiger partial charge < -0.3 is 0 Å². The van der Waals surface area contributed by atoms with Gasteiger partial charge in [0, 0.05) is 34.0 Å². The van der Waals surface area contributed by atoms with Gasteiger partial charge in [-0.1, -0.05) is 78.1 Å². The Morgan fingerprint density at radius 2 is 0.979 bits per heavy atom. The number of imide groups is 2. The van der Waals surface area contributed by atoms with Gasteiger partial charge >= 0.3 is 0 Å². The number of hydrogen-bond donors (Lipinski definition) is 0. The van der Waals surface area contributed by atoms with E-state index in [-0.39, 0.29) is 23.6 Å². The van der Waals surface area contributed by atoms with Gasteiger partial charge in [-0.3, -0.25) is 29.0 Å². The normalized spacial score (nSPS) is 15.0. The van der Waals surface area contributed by atoms with Gasteiger partial charge in [-0.2, -0.15) is 17.5 Å². The van der Waals surface area contributed by atoms with Gasteiger partial charge in [-0.25, -0.2) is 0 Å². The SMILES string of the molecule is CCCCCCCCN1C(=O)c2cc(-c3c4c(c(-c5cc6c(s5)C(=O)N(CCCCCCCC)C6=O)c5nsnc35)N=S=N4)sc2C1=O. The zero-order chi connectivity index (χ0) is 33.4. The first-order chi connectivity index (χ1) is 23.4. The minimum Gasteiger partial charge on any atom is -0.274 e. The molecule has 7 rings (SSSR count). The van der Waals surface area contributed by atoms with E-state index in [1.165, 1.54) is 71.0 Å². The quantitative estimate of drug-likeness (QED) is 0.0738. The van der Waals surface area contributed by atoms with Gasteiger partial charge in [0.05, 0.1) is 34.2 Å². The first-order valence-corrected chi connectivity index (χ1v) is 19.9. The van der Waals surface area contributed by atoms with Crippen molar-refractivity contribution in [3.63, 3.8) is 0 Å². The van der Waals surface area contributed by atoms with Crippen LogP contribution in [0.3, 0.4) is 0 Å². The van der Waals surface area contributed by atoms with E-state index < -0.39 is 0 Å². The fourth-order valence-electron chi connectivity index (χ4n) is 6.62. The Balaban J connectivity index is 1.14. The van der Waals surface area contributed by atoms with Crippen LogP contribution >= 0.6 is 34.4 Å². The molecule has 0 N–H and O–H groups in total. The Kier molecular flexibility index (Phi) is 9.77. The highest BCUT2D eigenvalue weighted by atomic mass is 32.1. The van der Waals surface area contributed by atoms with Crippen molar-refractivity contribution in [3.05, 3.63) is 33.0 Å². The summed E-state index contributed by atoms with van der Waals surface area (Å²) in [5.41, 5.74) is 4.58. The summed E-state index contributed by atoms with van der Waals surface area (Å²) in [7, 11) is 0. The summed E-state index contributed by atoms with van der Waals surface area (Å²) in [5, 5.41) is 0.